The van der Waals surface area contributed by atoms with Gasteiger partial charge in [0.25, 0.3) is 11.1 Å². The molecule has 0 N–H and O–H groups in total. The highest BCUT2D eigenvalue weighted by molar-refractivity contribution is 7.20. The van der Waals surface area contributed by atoms with Crippen LogP contribution in [0.25, 0.3) is 42.2 Å². The molecule has 0 fully saturated rings. The second-order valence-corrected chi connectivity index (χ2v) is 15.5. The predicted molar refractivity (Wildman–Crippen MR) is 210 cm³/mol. The maximum Gasteiger partial charge on any atom is 0.291 e. The second kappa shape index (κ2) is 13.7. The Balaban J connectivity index is 0.000000151. The number of fused-ring (bicyclic) bond motifs is 6. The minimum Gasteiger partial charge on any atom is -0.449 e. The third-order valence-electron chi connectivity index (χ3n) is 9.22. The van der Waals surface area contributed by atoms with Crippen LogP contribution in [-0.4, -0.2) is 33.7 Å². The molecule has 7 aromatic heterocycles. The van der Waals surface area contributed by atoms with Crippen molar-refractivity contribution >= 4 is 76.5 Å². The first-order chi connectivity index (χ1) is 25.2. The van der Waals surface area contributed by atoms with E-state index in [9.17, 15) is 9.59 Å². The summed E-state index contributed by atoms with van der Waals surface area (Å²) < 4.78 is 14.5. The predicted octanol–water partition coefficient (Wildman–Crippen LogP) is 7.93. The number of halogens is 1. The standard InChI is InChI=1S/C21H18N4O2S.C18H16ClN3OS/c1-13-4-3-5-14(8-13)12-25-21(26)19-16(11-23-25)20-17(24(19)2)9-15(28-20)10-18-22-6-7-27-18;1-11-4-3-5-12(6-11)10-22-18(23)16-14(9-20-22)17-15(21(16)2)7-13(8-19)24-17/h3-9,11H,10,12H2,1-2H3;3-7,9H,8,10H2,1-2H3. The molecule has 13 heteroatoms. The number of oxazole rings is 1. The lowest BCUT2D eigenvalue weighted by Gasteiger charge is -2.06. The van der Waals surface area contributed by atoms with Gasteiger partial charge in [0.05, 0.1) is 64.4 Å². The van der Waals surface area contributed by atoms with E-state index >= 15 is 0 Å². The molecule has 0 aliphatic carbocycles. The topological polar surface area (TPSA) is 106 Å². The Labute approximate surface area is 310 Å². The maximum atomic E-state index is 13.1. The number of hydrogen-bond donors (Lipinski definition) is 0. The summed E-state index contributed by atoms with van der Waals surface area (Å²) in [7, 11) is 3.86. The molecule has 0 unspecified atom stereocenters. The Morgan fingerprint density at radius 1 is 0.731 bits per heavy atom. The normalized spacial score (nSPS) is 11.6. The quantitative estimate of drug-likeness (QED) is 0.153. The van der Waals surface area contributed by atoms with Crippen LogP contribution in [0.3, 0.4) is 0 Å². The molecule has 0 saturated heterocycles. The molecule has 7 heterocycles. The van der Waals surface area contributed by atoms with Crippen LogP contribution in [0.15, 0.2) is 99.5 Å². The van der Waals surface area contributed by atoms with Gasteiger partial charge in [-0.1, -0.05) is 59.7 Å². The van der Waals surface area contributed by atoms with Crippen LogP contribution in [0.5, 0.6) is 0 Å². The summed E-state index contributed by atoms with van der Waals surface area (Å²) in [5.74, 6) is 1.17. The average Bonchev–Trinajstić information content (AvgIpc) is 3.96. The molecule has 0 aliphatic rings. The lowest BCUT2D eigenvalue weighted by atomic mass is 10.1. The third kappa shape index (κ3) is 6.16. The van der Waals surface area contributed by atoms with E-state index in [1.54, 1.807) is 47.5 Å². The highest BCUT2D eigenvalue weighted by Crippen LogP contribution is 2.35. The Bertz CT molecular complexity index is 2870. The second-order valence-electron chi connectivity index (χ2n) is 12.9. The number of alkyl halides is 1. The van der Waals surface area contributed by atoms with Crippen LogP contribution in [0.1, 0.15) is 37.9 Å². The van der Waals surface area contributed by atoms with E-state index in [1.165, 1.54) is 20.5 Å². The number of aryl methyl sites for hydroxylation is 4. The first-order valence-corrected chi connectivity index (χ1v) is 18.8. The van der Waals surface area contributed by atoms with Gasteiger partial charge in [-0.3, -0.25) is 9.59 Å². The van der Waals surface area contributed by atoms with Crippen LogP contribution in [-0.2, 0) is 39.5 Å². The molecule has 2 aromatic carbocycles. The summed E-state index contributed by atoms with van der Waals surface area (Å²) in [5, 5.41) is 10.6. The molecule has 0 spiro atoms. The first kappa shape index (κ1) is 33.8. The minimum atomic E-state index is -0.0702. The van der Waals surface area contributed by atoms with Crippen LogP contribution in [0.4, 0.5) is 0 Å². The highest BCUT2D eigenvalue weighted by Gasteiger charge is 2.19. The van der Waals surface area contributed by atoms with Crippen LogP contribution < -0.4 is 11.1 Å². The summed E-state index contributed by atoms with van der Waals surface area (Å²) in [6, 6.07) is 20.4. The SMILES string of the molecule is Cc1cccc(Cn2ncc3c4sc(CCl)cc4n(C)c3c2=O)c1.Cc1cccc(Cn2ncc3c4sc(Cc5ncco5)cc4n(C)c3c2=O)c1. The number of hydrogen-bond acceptors (Lipinski definition) is 8. The molecule has 0 aliphatic heterocycles. The summed E-state index contributed by atoms with van der Waals surface area (Å²) in [4.78, 5) is 32.5. The van der Waals surface area contributed by atoms with Gasteiger partial charge >= 0.3 is 0 Å². The number of thiophene rings is 2. The van der Waals surface area contributed by atoms with Gasteiger partial charge < -0.3 is 13.6 Å². The molecule has 0 atom stereocenters. The number of rotatable bonds is 7. The number of nitrogens with zero attached hydrogens (tertiary/aromatic N) is 7. The van der Waals surface area contributed by atoms with E-state index in [4.69, 9.17) is 16.0 Å². The van der Waals surface area contributed by atoms with E-state index in [0.717, 1.165) is 52.1 Å². The van der Waals surface area contributed by atoms with Crippen molar-refractivity contribution in [2.75, 3.05) is 0 Å². The van der Waals surface area contributed by atoms with Crippen LogP contribution in [0.2, 0.25) is 0 Å². The van der Waals surface area contributed by atoms with E-state index < -0.39 is 0 Å². The zero-order chi connectivity index (χ0) is 36.1. The van der Waals surface area contributed by atoms with Gasteiger partial charge in [0.1, 0.15) is 17.3 Å². The number of benzene rings is 2. The van der Waals surface area contributed by atoms with E-state index in [2.05, 4.69) is 39.4 Å². The zero-order valence-electron chi connectivity index (χ0n) is 29.0. The molecule has 9 aromatic rings. The molecule has 262 valence electrons. The van der Waals surface area contributed by atoms with Crippen molar-refractivity contribution < 1.29 is 4.42 Å². The van der Waals surface area contributed by atoms with Gasteiger partial charge in [-0.05, 0) is 37.1 Å². The Morgan fingerprint density at radius 3 is 1.73 bits per heavy atom. The summed E-state index contributed by atoms with van der Waals surface area (Å²) >= 11 is 9.22. The molecule has 0 bridgehead atoms. The van der Waals surface area contributed by atoms with Crippen molar-refractivity contribution in [1.29, 1.82) is 0 Å². The molecule has 0 saturated carbocycles. The monoisotopic (exact) mass is 747 g/mol. The minimum absolute atomic E-state index is 0.0627. The fourth-order valence-electron chi connectivity index (χ4n) is 6.76. The van der Waals surface area contributed by atoms with Gasteiger partial charge in [-0.25, -0.2) is 14.3 Å². The van der Waals surface area contributed by atoms with Crippen molar-refractivity contribution in [3.63, 3.8) is 0 Å². The summed E-state index contributed by atoms with van der Waals surface area (Å²) in [6.45, 7) is 5.03. The zero-order valence-corrected chi connectivity index (χ0v) is 31.3. The summed E-state index contributed by atoms with van der Waals surface area (Å²) in [5.41, 5.74) is 7.81. The highest BCUT2D eigenvalue weighted by atomic mass is 35.5. The molecular formula is C39H34ClN7O3S2. The van der Waals surface area contributed by atoms with Crippen molar-refractivity contribution in [3.8, 4) is 0 Å². The van der Waals surface area contributed by atoms with Crippen LogP contribution in [0, 0.1) is 13.8 Å². The Morgan fingerprint density at radius 2 is 1.25 bits per heavy atom. The van der Waals surface area contributed by atoms with E-state index in [0.29, 0.717) is 42.3 Å². The largest absolute Gasteiger partial charge is 0.449 e. The van der Waals surface area contributed by atoms with E-state index in [1.807, 2.05) is 73.5 Å². The van der Waals surface area contributed by atoms with Crippen molar-refractivity contribution in [2.45, 2.75) is 39.2 Å². The first-order valence-electron chi connectivity index (χ1n) is 16.7. The maximum absolute atomic E-state index is 13.1. The third-order valence-corrected chi connectivity index (χ3v) is 12.0. The van der Waals surface area contributed by atoms with Gasteiger partial charge in [-0.15, -0.1) is 34.3 Å². The van der Waals surface area contributed by atoms with Gasteiger partial charge in [-0.2, -0.15) is 10.2 Å². The van der Waals surface area contributed by atoms with Crippen molar-refractivity contribution in [2.24, 2.45) is 14.1 Å². The lowest BCUT2D eigenvalue weighted by molar-refractivity contribution is 0.508. The van der Waals surface area contributed by atoms with Crippen LogP contribution >= 0.6 is 34.3 Å². The molecule has 52 heavy (non-hydrogen) atoms. The molecule has 0 radical (unpaired) electrons. The fourth-order valence-corrected chi connectivity index (χ4v) is 9.23. The smallest absolute Gasteiger partial charge is 0.291 e. The van der Waals surface area contributed by atoms with Gasteiger partial charge in [0.2, 0.25) is 0 Å². The Kier molecular flexibility index (Phi) is 8.90. The lowest BCUT2D eigenvalue weighted by Crippen LogP contribution is -2.24. The fraction of sp³-hybridized carbons (Fsp3) is 0.205. The Hall–Kier alpha value is -5.30. The summed E-state index contributed by atoms with van der Waals surface area (Å²) in [6.07, 6.45) is 7.48. The number of aromatic nitrogens is 7. The molecule has 9 rings (SSSR count). The average molecular weight is 748 g/mol. The molecular weight excluding hydrogens is 714 g/mol. The van der Waals surface area contributed by atoms with Gasteiger partial charge in [0, 0.05) is 34.6 Å². The van der Waals surface area contributed by atoms with Crippen molar-refractivity contribution in [3.05, 3.63) is 144 Å². The van der Waals surface area contributed by atoms with Crippen molar-refractivity contribution in [1.82, 2.24) is 33.7 Å². The molecule has 0 amide bonds. The van der Waals surface area contributed by atoms with Gasteiger partial charge in [0.15, 0.2) is 5.89 Å². The van der Waals surface area contributed by atoms with E-state index in [-0.39, 0.29) is 11.1 Å². The molecule has 10 nitrogen and oxygen atoms in total.